The summed E-state index contributed by atoms with van der Waals surface area (Å²) in [5.41, 5.74) is 0.629. The predicted octanol–water partition coefficient (Wildman–Crippen LogP) is 2.09. The van der Waals surface area contributed by atoms with Gasteiger partial charge in [-0.25, -0.2) is 0 Å². The number of ether oxygens (including phenoxy) is 2. The second-order valence-corrected chi connectivity index (χ2v) is 7.13. The second-order valence-electron chi connectivity index (χ2n) is 7.13. The van der Waals surface area contributed by atoms with Crippen LogP contribution in [0.5, 0.6) is 5.75 Å². The molecule has 6 nitrogen and oxygen atoms in total. The van der Waals surface area contributed by atoms with Gasteiger partial charge in [-0.15, -0.1) is 0 Å². The topological polar surface area (TPSA) is 67.9 Å². The Balaban J connectivity index is 1.45. The van der Waals surface area contributed by atoms with Crippen LogP contribution in [0.2, 0.25) is 0 Å². The zero-order chi connectivity index (χ0) is 18.4. The minimum Gasteiger partial charge on any atom is -0.497 e. The summed E-state index contributed by atoms with van der Waals surface area (Å²) in [5.74, 6) is 1.22. The molecule has 1 N–H and O–H groups in total. The number of carbonyl (C=O) groups is 2. The number of benzene rings is 1. The quantitative estimate of drug-likeness (QED) is 0.873. The van der Waals surface area contributed by atoms with Crippen LogP contribution in [-0.2, 0) is 9.53 Å². The van der Waals surface area contributed by atoms with E-state index < -0.39 is 0 Å². The molecule has 142 valence electrons. The molecule has 0 bridgehead atoms. The highest BCUT2D eigenvalue weighted by molar-refractivity contribution is 5.94. The van der Waals surface area contributed by atoms with Gasteiger partial charge < -0.3 is 19.7 Å². The van der Waals surface area contributed by atoms with Gasteiger partial charge >= 0.3 is 0 Å². The molecule has 0 radical (unpaired) electrons. The molecular formula is C20H28N2O4. The van der Waals surface area contributed by atoms with Gasteiger partial charge in [-0.05, 0) is 49.8 Å². The van der Waals surface area contributed by atoms with Crippen molar-refractivity contribution in [2.75, 3.05) is 40.0 Å². The molecule has 2 fully saturated rings. The number of nitrogens with zero attached hydrogens (tertiary/aromatic N) is 1. The minimum absolute atomic E-state index is 0.00196. The average molecular weight is 360 g/mol. The number of likely N-dealkylation sites (tertiary alicyclic amines) is 1. The first kappa shape index (κ1) is 18.7. The van der Waals surface area contributed by atoms with Crippen LogP contribution in [0.3, 0.4) is 0 Å². The number of hydrogen-bond donors (Lipinski definition) is 1. The predicted molar refractivity (Wildman–Crippen MR) is 98.2 cm³/mol. The minimum atomic E-state index is -0.00568. The molecule has 0 saturated carbocycles. The van der Waals surface area contributed by atoms with Crippen molar-refractivity contribution in [2.24, 2.45) is 11.8 Å². The standard InChI is InChI=1S/C20H28N2O4/c1-25-18-6-2-5-17(12-18)20(24)22-9-7-16(8-10-22)19(23)21-13-15-4-3-11-26-14-15/h2,5-6,12,15-16H,3-4,7-11,13-14H2,1H3,(H,21,23)/t15-/m1/s1. The summed E-state index contributed by atoms with van der Waals surface area (Å²) in [4.78, 5) is 26.9. The first-order valence-electron chi connectivity index (χ1n) is 9.46. The Kier molecular flexibility index (Phi) is 6.50. The average Bonchev–Trinajstić information content (AvgIpc) is 2.72. The molecule has 26 heavy (non-hydrogen) atoms. The molecule has 2 amide bonds. The van der Waals surface area contributed by atoms with Gasteiger partial charge in [-0.2, -0.15) is 0 Å². The molecule has 2 aliphatic heterocycles. The fraction of sp³-hybridized carbons (Fsp3) is 0.600. The van der Waals surface area contributed by atoms with Crippen LogP contribution in [0.4, 0.5) is 0 Å². The second kappa shape index (κ2) is 9.03. The van der Waals surface area contributed by atoms with Crippen LogP contribution < -0.4 is 10.1 Å². The van der Waals surface area contributed by atoms with Gasteiger partial charge in [-0.1, -0.05) is 6.07 Å². The molecule has 1 aromatic rings. The normalized spacial score (nSPS) is 21.3. The fourth-order valence-electron chi connectivity index (χ4n) is 3.64. The van der Waals surface area contributed by atoms with Crippen molar-refractivity contribution in [2.45, 2.75) is 25.7 Å². The van der Waals surface area contributed by atoms with Crippen molar-refractivity contribution < 1.29 is 19.1 Å². The third-order valence-electron chi connectivity index (χ3n) is 5.29. The molecule has 1 atom stereocenters. The Morgan fingerprint density at radius 1 is 1.27 bits per heavy atom. The summed E-state index contributed by atoms with van der Waals surface area (Å²) in [6.07, 6.45) is 3.62. The van der Waals surface area contributed by atoms with E-state index in [1.165, 1.54) is 0 Å². The molecule has 3 rings (SSSR count). The Morgan fingerprint density at radius 3 is 2.77 bits per heavy atom. The molecule has 2 heterocycles. The van der Waals surface area contributed by atoms with Gasteiger partial charge in [0.1, 0.15) is 5.75 Å². The molecule has 2 saturated heterocycles. The number of carbonyl (C=O) groups excluding carboxylic acids is 2. The Labute approximate surface area is 154 Å². The van der Waals surface area contributed by atoms with E-state index in [-0.39, 0.29) is 17.7 Å². The molecule has 6 heteroatoms. The first-order chi connectivity index (χ1) is 12.7. The van der Waals surface area contributed by atoms with Crippen LogP contribution in [0.15, 0.2) is 24.3 Å². The van der Waals surface area contributed by atoms with Gasteiger partial charge in [0.2, 0.25) is 5.91 Å². The van der Waals surface area contributed by atoms with Crippen molar-refractivity contribution >= 4 is 11.8 Å². The lowest BCUT2D eigenvalue weighted by molar-refractivity contribution is -0.126. The van der Waals surface area contributed by atoms with Crippen molar-refractivity contribution in [3.63, 3.8) is 0 Å². The summed E-state index contributed by atoms with van der Waals surface area (Å²) in [6.45, 7) is 3.50. The molecule has 0 unspecified atom stereocenters. The molecule has 0 spiro atoms. The van der Waals surface area contributed by atoms with E-state index in [1.807, 2.05) is 17.0 Å². The lowest BCUT2D eigenvalue weighted by Crippen LogP contribution is -2.44. The number of piperidine rings is 1. The Hall–Kier alpha value is -2.08. The SMILES string of the molecule is COc1cccc(C(=O)N2CCC(C(=O)NC[C@H]3CCCOC3)CC2)c1. The maximum atomic E-state index is 12.6. The number of hydrogen-bond acceptors (Lipinski definition) is 4. The molecule has 1 aromatic carbocycles. The van der Waals surface area contributed by atoms with Crippen molar-refractivity contribution in [1.82, 2.24) is 10.2 Å². The van der Waals surface area contributed by atoms with E-state index >= 15 is 0 Å². The zero-order valence-corrected chi connectivity index (χ0v) is 15.4. The van der Waals surface area contributed by atoms with Crippen molar-refractivity contribution in [1.29, 1.82) is 0 Å². The largest absolute Gasteiger partial charge is 0.497 e. The third kappa shape index (κ3) is 4.75. The summed E-state index contributed by atoms with van der Waals surface area (Å²) in [7, 11) is 1.59. The van der Waals surface area contributed by atoms with Crippen LogP contribution >= 0.6 is 0 Å². The molecule has 0 aromatic heterocycles. The van der Waals surface area contributed by atoms with Gasteiger partial charge in [-0.3, -0.25) is 9.59 Å². The van der Waals surface area contributed by atoms with Gasteiger partial charge in [0.25, 0.3) is 5.91 Å². The smallest absolute Gasteiger partial charge is 0.253 e. The molecule has 0 aliphatic carbocycles. The lowest BCUT2D eigenvalue weighted by atomic mass is 9.94. The van der Waals surface area contributed by atoms with E-state index in [9.17, 15) is 9.59 Å². The van der Waals surface area contributed by atoms with Crippen LogP contribution in [0.25, 0.3) is 0 Å². The Bertz CT molecular complexity index is 620. The van der Waals surface area contributed by atoms with E-state index in [0.29, 0.717) is 49.7 Å². The van der Waals surface area contributed by atoms with E-state index in [2.05, 4.69) is 5.32 Å². The van der Waals surface area contributed by atoms with Gasteiger partial charge in [0.05, 0.1) is 13.7 Å². The highest BCUT2D eigenvalue weighted by Crippen LogP contribution is 2.21. The monoisotopic (exact) mass is 360 g/mol. The van der Waals surface area contributed by atoms with E-state index in [0.717, 1.165) is 26.1 Å². The maximum Gasteiger partial charge on any atom is 0.253 e. The number of nitrogens with one attached hydrogen (secondary N) is 1. The maximum absolute atomic E-state index is 12.6. The molecule has 2 aliphatic rings. The van der Waals surface area contributed by atoms with Crippen LogP contribution in [0, 0.1) is 11.8 Å². The summed E-state index contributed by atoms with van der Waals surface area (Å²) >= 11 is 0. The third-order valence-corrected chi connectivity index (χ3v) is 5.29. The highest BCUT2D eigenvalue weighted by atomic mass is 16.5. The number of amides is 2. The van der Waals surface area contributed by atoms with Gasteiger partial charge in [0, 0.05) is 37.7 Å². The lowest BCUT2D eigenvalue weighted by Gasteiger charge is -2.32. The number of rotatable bonds is 5. The Morgan fingerprint density at radius 2 is 2.08 bits per heavy atom. The van der Waals surface area contributed by atoms with E-state index in [4.69, 9.17) is 9.47 Å². The number of methoxy groups -OCH3 is 1. The fourth-order valence-corrected chi connectivity index (χ4v) is 3.64. The van der Waals surface area contributed by atoms with Crippen molar-refractivity contribution in [3.8, 4) is 5.75 Å². The summed E-state index contributed by atoms with van der Waals surface area (Å²) in [6, 6.07) is 7.20. The van der Waals surface area contributed by atoms with Crippen LogP contribution in [-0.4, -0.2) is 56.7 Å². The summed E-state index contributed by atoms with van der Waals surface area (Å²) in [5, 5.41) is 3.07. The zero-order valence-electron chi connectivity index (χ0n) is 15.4. The summed E-state index contributed by atoms with van der Waals surface area (Å²) < 4.78 is 10.6. The van der Waals surface area contributed by atoms with E-state index in [1.54, 1.807) is 19.2 Å². The molecular weight excluding hydrogens is 332 g/mol. The van der Waals surface area contributed by atoms with Crippen molar-refractivity contribution in [3.05, 3.63) is 29.8 Å². The van der Waals surface area contributed by atoms with Gasteiger partial charge in [0.15, 0.2) is 0 Å². The first-order valence-corrected chi connectivity index (χ1v) is 9.46. The highest BCUT2D eigenvalue weighted by Gasteiger charge is 2.28. The van der Waals surface area contributed by atoms with Crippen LogP contribution in [0.1, 0.15) is 36.0 Å².